The third-order valence-corrected chi connectivity index (χ3v) is 2.20. The Morgan fingerprint density at radius 2 is 2.20 bits per heavy atom. The highest BCUT2D eigenvalue weighted by atomic mass is 16.5. The van der Waals surface area contributed by atoms with Gasteiger partial charge in [-0.15, -0.1) is 0 Å². The highest BCUT2D eigenvalue weighted by Crippen LogP contribution is 2.17. The second-order valence-corrected chi connectivity index (χ2v) is 3.32. The van der Waals surface area contributed by atoms with Crippen LogP contribution < -0.4 is 10.9 Å². The summed E-state index contributed by atoms with van der Waals surface area (Å²) in [4.78, 5) is 22.4. The number of allylic oxidation sites excluding steroid dienone is 2. The number of hydrazine groups is 1. The first-order valence-corrected chi connectivity index (χ1v) is 5.11. The lowest BCUT2D eigenvalue weighted by molar-refractivity contribution is -0.126. The fourth-order valence-electron chi connectivity index (χ4n) is 1.41. The average molecular weight is 212 g/mol. The van der Waals surface area contributed by atoms with Crippen LogP contribution in [0.3, 0.4) is 0 Å². The van der Waals surface area contributed by atoms with Gasteiger partial charge in [0.25, 0.3) is 0 Å². The first-order chi connectivity index (χ1) is 7.24. The molecule has 5 heteroatoms. The van der Waals surface area contributed by atoms with E-state index in [4.69, 9.17) is 0 Å². The molecule has 0 fully saturated rings. The lowest BCUT2D eigenvalue weighted by Crippen LogP contribution is -2.44. The van der Waals surface area contributed by atoms with Crippen molar-refractivity contribution in [2.45, 2.75) is 26.2 Å². The topological polar surface area (TPSA) is 67.4 Å². The Morgan fingerprint density at radius 1 is 1.40 bits per heavy atom. The Balaban J connectivity index is 2.23. The van der Waals surface area contributed by atoms with Crippen LogP contribution in [0.1, 0.15) is 26.2 Å². The number of hydrogen-bond acceptors (Lipinski definition) is 3. The first kappa shape index (κ1) is 11.6. The summed E-state index contributed by atoms with van der Waals surface area (Å²) in [5.41, 5.74) is 4.54. The van der Waals surface area contributed by atoms with Crippen molar-refractivity contribution < 1.29 is 14.3 Å². The van der Waals surface area contributed by atoms with Gasteiger partial charge in [0.15, 0.2) is 0 Å². The van der Waals surface area contributed by atoms with Gasteiger partial charge in [0.1, 0.15) is 0 Å². The van der Waals surface area contributed by atoms with Crippen molar-refractivity contribution in [3.63, 3.8) is 0 Å². The molecule has 1 atom stereocenters. The van der Waals surface area contributed by atoms with E-state index in [-0.39, 0.29) is 18.4 Å². The molecule has 0 radical (unpaired) electrons. The Bertz CT molecular complexity index is 263. The fourth-order valence-corrected chi connectivity index (χ4v) is 1.41. The standard InChI is InChI=1S/C10H16N2O3/c1-2-15-10(14)12-11-9(13)8-6-4-3-5-7-8/h3-4,8H,2,5-7H2,1H3,(H,11,13)(H,12,14)/t8-/m1/s1. The molecule has 1 aliphatic rings. The molecule has 0 bridgehead atoms. The van der Waals surface area contributed by atoms with E-state index in [9.17, 15) is 9.59 Å². The van der Waals surface area contributed by atoms with E-state index in [2.05, 4.69) is 21.7 Å². The smallest absolute Gasteiger partial charge is 0.426 e. The maximum atomic E-state index is 11.5. The van der Waals surface area contributed by atoms with Gasteiger partial charge in [0.05, 0.1) is 6.61 Å². The van der Waals surface area contributed by atoms with Gasteiger partial charge in [-0.05, 0) is 26.2 Å². The lowest BCUT2D eigenvalue weighted by Gasteiger charge is -2.17. The van der Waals surface area contributed by atoms with Crippen molar-refractivity contribution in [3.8, 4) is 0 Å². The Hall–Kier alpha value is -1.52. The van der Waals surface area contributed by atoms with Crippen molar-refractivity contribution in [2.75, 3.05) is 6.61 Å². The summed E-state index contributed by atoms with van der Waals surface area (Å²) >= 11 is 0. The maximum absolute atomic E-state index is 11.5. The molecular weight excluding hydrogens is 196 g/mol. The molecule has 1 rings (SSSR count). The van der Waals surface area contributed by atoms with Crippen LogP contribution in [-0.2, 0) is 9.53 Å². The van der Waals surface area contributed by atoms with Crippen LogP contribution in [0.5, 0.6) is 0 Å². The SMILES string of the molecule is CCOC(=O)NNC(=O)[C@@H]1CC=CCC1. The van der Waals surface area contributed by atoms with E-state index in [0.29, 0.717) is 0 Å². The summed E-state index contributed by atoms with van der Waals surface area (Å²) in [5, 5.41) is 0. The van der Waals surface area contributed by atoms with Crippen molar-refractivity contribution in [2.24, 2.45) is 5.92 Å². The number of rotatable bonds is 2. The molecule has 0 aromatic carbocycles. The van der Waals surface area contributed by atoms with E-state index in [1.54, 1.807) is 6.92 Å². The van der Waals surface area contributed by atoms with Crippen LogP contribution in [-0.4, -0.2) is 18.6 Å². The van der Waals surface area contributed by atoms with Gasteiger partial charge in [0.2, 0.25) is 5.91 Å². The first-order valence-electron chi connectivity index (χ1n) is 5.11. The minimum Gasteiger partial charge on any atom is -0.449 e. The van der Waals surface area contributed by atoms with Crippen LogP contribution in [0.2, 0.25) is 0 Å². The van der Waals surface area contributed by atoms with E-state index >= 15 is 0 Å². The molecular formula is C10H16N2O3. The summed E-state index contributed by atoms with van der Waals surface area (Å²) in [6, 6.07) is 0. The third-order valence-electron chi connectivity index (χ3n) is 2.20. The summed E-state index contributed by atoms with van der Waals surface area (Å²) < 4.78 is 4.60. The van der Waals surface area contributed by atoms with Crippen LogP contribution in [0, 0.1) is 5.92 Å². The minimum absolute atomic E-state index is 0.0445. The normalized spacial score (nSPS) is 19.4. The molecule has 0 spiro atoms. The molecule has 1 aliphatic carbocycles. The summed E-state index contributed by atoms with van der Waals surface area (Å²) in [6.45, 7) is 1.99. The van der Waals surface area contributed by atoms with Crippen molar-refractivity contribution in [1.82, 2.24) is 10.9 Å². The van der Waals surface area contributed by atoms with E-state index in [1.165, 1.54) is 0 Å². The summed E-state index contributed by atoms with van der Waals surface area (Å²) in [5.74, 6) is -0.204. The molecule has 0 saturated carbocycles. The van der Waals surface area contributed by atoms with Crippen LogP contribution in [0.15, 0.2) is 12.2 Å². The Labute approximate surface area is 88.8 Å². The maximum Gasteiger partial charge on any atom is 0.426 e. The van der Waals surface area contributed by atoms with Gasteiger partial charge < -0.3 is 4.74 Å². The van der Waals surface area contributed by atoms with E-state index < -0.39 is 6.09 Å². The van der Waals surface area contributed by atoms with Crippen LogP contribution >= 0.6 is 0 Å². The number of nitrogens with one attached hydrogen (secondary N) is 2. The van der Waals surface area contributed by atoms with Crippen molar-refractivity contribution in [3.05, 3.63) is 12.2 Å². The second-order valence-electron chi connectivity index (χ2n) is 3.32. The zero-order valence-electron chi connectivity index (χ0n) is 8.79. The van der Waals surface area contributed by atoms with Gasteiger partial charge in [-0.2, -0.15) is 0 Å². The van der Waals surface area contributed by atoms with Gasteiger partial charge >= 0.3 is 6.09 Å². The highest BCUT2D eigenvalue weighted by molar-refractivity contribution is 5.81. The Kier molecular flexibility index (Phi) is 4.66. The second kappa shape index (κ2) is 6.06. The molecule has 15 heavy (non-hydrogen) atoms. The fraction of sp³-hybridized carbons (Fsp3) is 0.600. The molecule has 0 heterocycles. The number of ether oxygens (including phenoxy) is 1. The average Bonchev–Trinajstić information content (AvgIpc) is 2.27. The monoisotopic (exact) mass is 212 g/mol. The largest absolute Gasteiger partial charge is 0.449 e. The highest BCUT2D eigenvalue weighted by Gasteiger charge is 2.18. The van der Waals surface area contributed by atoms with Gasteiger partial charge in [-0.1, -0.05) is 12.2 Å². The number of amides is 2. The van der Waals surface area contributed by atoms with E-state index in [1.807, 2.05) is 6.08 Å². The molecule has 0 aromatic heterocycles. The molecule has 84 valence electrons. The summed E-state index contributed by atoms with van der Waals surface area (Å²) in [6.07, 6.45) is 5.89. The molecule has 0 aromatic rings. The third kappa shape index (κ3) is 4.01. The molecule has 2 N–H and O–H groups in total. The van der Waals surface area contributed by atoms with Gasteiger partial charge in [-0.25, -0.2) is 10.2 Å². The van der Waals surface area contributed by atoms with Crippen LogP contribution in [0.4, 0.5) is 4.79 Å². The number of carbonyl (C=O) groups is 2. The van der Waals surface area contributed by atoms with Crippen molar-refractivity contribution >= 4 is 12.0 Å². The molecule has 0 saturated heterocycles. The van der Waals surface area contributed by atoms with Crippen molar-refractivity contribution in [1.29, 1.82) is 0 Å². The quantitative estimate of drug-likeness (QED) is 0.532. The number of carbonyl (C=O) groups excluding carboxylic acids is 2. The lowest BCUT2D eigenvalue weighted by atomic mass is 9.94. The Morgan fingerprint density at radius 3 is 2.80 bits per heavy atom. The molecule has 5 nitrogen and oxygen atoms in total. The zero-order chi connectivity index (χ0) is 11.1. The van der Waals surface area contributed by atoms with E-state index in [0.717, 1.165) is 19.3 Å². The minimum atomic E-state index is -0.628. The zero-order valence-corrected chi connectivity index (χ0v) is 8.79. The van der Waals surface area contributed by atoms with Crippen LogP contribution in [0.25, 0.3) is 0 Å². The molecule has 0 aliphatic heterocycles. The predicted molar refractivity (Wildman–Crippen MR) is 54.8 cm³/mol. The summed E-state index contributed by atoms with van der Waals surface area (Å²) in [7, 11) is 0. The van der Waals surface area contributed by atoms with Gasteiger partial charge in [-0.3, -0.25) is 10.2 Å². The predicted octanol–water partition coefficient (Wildman–Crippen LogP) is 1.12. The van der Waals surface area contributed by atoms with Gasteiger partial charge in [0, 0.05) is 5.92 Å². The molecule has 2 amide bonds. The number of hydrogen-bond donors (Lipinski definition) is 2. The molecule has 0 unspecified atom stereocenters.